The quantitative estimate of drug-likeness (QED) is 0.130. The van der Waals surface area contributed by atoms with E-state index in [2.05, 4.69) is 212 Å². The molecule has 0 fully saturated rings. The van der Waals surface area contributed by atoms with E-state index in [9.17, 15) is 0 Å². The average Bonchev–Trinajstić information content (AvgIpc) is 3.69. The summed E-state index contributed by atoms with van der Waals surface area (Å²) in [5.74, 6) is 2.41. The Morgan fingerprint density at radius 2 is 1.14 bits per heavy atom. The van der Waals surface area contributed by atoms with Gasteiger partial charge in [-0.05, 0) is 117 Å². The third-order valence-electron chi connectivity index (χ3n) is 11.2. The molecule has 8 rings (SSSR count). The standard InChI is InChI=1S/C52H56N4O/c1-49(2,3)34-15-13-16-38(27-34)54-33-55(47-29-36(51(7,8)9)20-24-45(47)54)39-17-14-18-40(31-39)57-41-21-22-42-43-28-35(50(4,5)6)19-23-44(43)56(46(42)32-41)48-30-37(25-26-53-48)52(10,11)12/h13-32H,1-12H3. The number of imidazole rings is 1. The Labute approximate surface area is 338 Å². The number of hydrogen-bond acceptors (Lipinski definition) is 2. The first-order valence-corrected chi connectivity index (χ1v) is 20.2. The van der Waals surface area contributed by atoms with E-state index in [4.69, 9.17) is 9.72 Å². The van der Waals surface area contributed by atoms with Crippen molar-refractivity contribution < 1.29 is 9.30 Å². The molecule has 5 heteroatoms. The number of aromatic nitrogens is 4. The molecule has 0 spiro atoms. The van der Waals surface area contributed by atoms with Crippen molar-refractivity contribution in [3.8, 4) is 28.7 Å². The van der Waals surface area contributed by atoms with Crippen LogP contribution in [-0.4, -0.2) is 14.1 Å². The lowest BCUT2D eigenvalue weighted by Gasteiger charge is -2.20. The van der Waals surface area contributed by atoms with Gasteiger partial charge in [-0.15, -0.1) is 0 Å². The summed E-state index contributed by atoms with van der Waals surface area (Å²) in [6.07, 6.45) is 5.66. The zero-order chi connectivity index (χ0) is 40.7. The molecular weight excluding hydrogens is 697 g/mol. The van der Waals surface area contributed by atoms with Gasteiger partial charge in [0.05, 0.1) is 33.4 Å². The van der Waals surface area contributed by atoms with Crippen molar-refractivity contribution in [1.29, 1.82) is 0 Å². The molecule has 0 saturated carbocycles. The highest BCUT2D eigenvalue weighted by molar-refractivity contribution is 6.09. The Bertz CT molecular complexity index is 2810. The van der Waals surface area contributed by atoms with E-state index in [0.29, 0.717) is 0 Å². The van der Waals surface area contributed by atoms with Gasteiger partial charge in [-0.2, -0.15) is 0 Å². The molecular formula is C52H56N4O. The number of ether oxygens (including phenoxy) is 1. The summed E-state index contributed by atoms with van der Waals surface area (Å²) >= 11 is 0. The second-order valence-corrected chi connectivity index (χ2v) is 19.8. The molecule has 0 N–H and O–H groups in total. The van der Waals surface area contributed by atoms with E-state index in [1.165, 1.54) is 33.0 Å². The molecule has 0 atom stereocenters. The van der Waals surface area contributed by atoms with E-state index in [1.54, 1.807) is 0 Å². The molecule has 0 saturated heterocycles. The van der Waals surface area contributed by atoms with Crippen LogP contribution in [0.2, 0.25) is 0 Å². The maximum absolute atomic E-state index is 6.76. The van der Waals surface area contributed by atoms with Crippen LogP contribution in [0.4, 0.5) is 0 Å². The fraction of sp³-hybridized carbons (Fsp3) is 0.308. The number of hydrogen-bond donors (Lipinski definition) is 0. The summed E-state index contributed by atoms with van der Waals surface area (Å²) in [6.45, 7) is 27.1. The number of benzene rings is 5. The molecule has 0 aliphatic rings. The minimum atomic E-state index is -0.0122. The molecule has 5 nitrogen and oxygen atoms in total. The lowest BCUT2D eigenvalue weighted by atomic mass is 9.86. The molecule has 0 radical (unpaired) electrons. The van der Waals surface area contributed by atoms with E-state index >= 15 is 0 Å². The van der Waals surface area contributed by atoms with Crippen LogP contribution in [0.5, 0.6) is 11.5 Å². The normalized spacial score (nSPS) is 12.9. The van der Waals surface area contributed by atoms with Gasteiger partial charge in [-0.1, -0.05) is 119 Å². The predicted molar refractivity (Wildman–Crippen MR) is 237 cm³/mol. The summed E-state index contributed by atoms with van der Waals surface area (Å²) in [5.41, 5.74) is 11.6. The highest BCUT2D eigenvalue weighted by Gasteiger charge is 2.23. The Kier molecular flexibility index (Phi) is 9.03. The fourth-order valence-electron chi connectivity index (χ4n) is 7.68. The van der Waals surface area contributed by atoms with Gasteiger partial charge in [0.25, 0.3) is 6.33 Å². The van der Waals surface area contributed by atoms with Gasteiger partial charge in [-0.3, -0.25) is 13.7 Å². The lowest BCUT2D eigenvalue weighted by molar-refractivity contribution is -0.572. The molecule has 8 aromatic rings. The van der Waals surface area contributed by atoms with Crippen LogP contribution in [0.25, 0.3) is 50.0 Å². The van der Waals surface area contributed by atoms with Crippen molar-refractivity contribution in [3.63, 3.8) is 0 Å². The average molecular weight is 753 g/mol. The second-order valence-electron chi connectivity index (χ2n) is 19.8. The van der Waals surface area contributed by atoms with Gasteiger partial charge in [0.15, 0.2) is 0 Å². The summed E-state index contributed by atoms with van der Waals surface area (Å²) in [6, 6.07) is 41.6. The molecule has 3 aromatic heterocycles. The summed E-state index contributed by atoms with van der Waals surface area (Å²) in [4.78, 5) is 4.93. The van der Waals surface area contributed by atoms with E-state index in [-0.39, 0.29) is 21.7 Å². The summed E-state index contributed by atoms with van der Waals surface area (Å²) in [7, 11) is 0. The van der Waals surface area contributed by atoms with Gasteiger partial charge in [-0.25, -0.2) is 4.98 Å². The van der Waals surface area contributed by atoms with Crippen LogP contribution in [0.3, 0.4) is 0 Å². The molecule has 290 valence electrons. The molecule has 5 aromatic carbocycles. The molecule has 0 amide bonds. The van der Waals surface area contributed by atoms with Crippen molar-refractivity contribution >= 4 is 32.8 Å². The van der Waals surface area contributed by atoms with E-state index in [1.807, 2.05) is 12.3 Å². The van der Waals surface area contributed by atoms with Gasteiger partial charge in [0.1, 0.15) is 17.3 Å². The minimum Gasteiger partial charge on any atom is -0.458 e. The molecule has 0 bridgehead atoms. The summed E-state index contributed by atoms with van der Waals surface area (Å²) in [5, 5.41) is 2.38. The van der Waals surface area contributed by atoms with Crippen molar-refractivity contribution in [2.45, 2.75) is 105 Å². The maximum Gasteiger partial charge on any atom is 0.269 e. The van der Waals surface area contributed by atoms with Crippen molar-refractivity contribution in [3.05, 3.63) is 150 Å². The van der Waals surface area contributed by atoms with Crippen LogP contribution < -0.4 is 9.30 Å². The monoisotopic (exact) mass is 752 g/mol. The van der Waals surface area contributed by atoms with E-state index in [0.717, 1.165) is 50.8 Å². The Morgan fingerprint density at radius 3 is 1.86 bits per heavy atom. The third kappa shape index (κ3) is 7.25. The van der Waals surface area contributed by atoms with Crippen LogP contribution in [0.1, 0.15) is 105 Å². The smallest absolute Gasteiger partial charge is 0.269 e. The van der Waals surface area contributed by atoms with Crippen LogP contribution >= 0.6 is 0 Å². The molecule has 0 aliphatic heterocycles. The molecule has 0 unspecified atom stereocenters. The predicted octanol–water partition coefficient (Wildman–Crippen LogP) is 13.2. The van der Waals surface area contributed by atoms with Crippen molar-refractivity contribution in [1.82, 2.24) is 14.1 Å². The lowest BCUT2D eigenvalue weighted by Crippen LogP contribution is -2.30. The van der Waals surface area contributed by atoms with Gasteiger partial charge < -0.3 is 4.74 Å². The zero-order valence-corrected chi connectivity index (χ0v) is 35.7. The maximum atomic E-state index is 6.76. The Morgan fingerprint density at radius 1 is 0.509 bits per heavy atom. The number of nitrogens with zero attached hydrogens (tertiary/aromatic N) is 4. The van der Waals surface area contributed by atoms with Crippen LogP contribution in [-0.2, 0) is 21.7 Å². The van der Waals surface area contributed by atoms with Gasteiger partial charge >= 0.3 is 0 Å². The first-order valence-electron chi connectivity index (χ1n) is 20.2. The zero-order valence-electron chi connectivity index (χ0n) is 35.7. The highest BCUT2D eigenvalue weighted by Crippen LogP contribution is 2.38. The second kappa shape index (κ2) is 13.5. The van der Waals surface area contributed by atoms with Gasteiger partial charge in [0, 0.05) is 23.0 Å². The first-order chi connectivity index (χ1) is 26.8. The first kappa shape index (κ1) is 38.2. The van der Waals surface area contributed by atoms with Crippen molar-refractivity contribution in [2.75, 3.05) is 0 Å². The molecule has 0 aliphatic carbocycles. The Balaban J connectivity index is 1.25. The van der Waals surface area contributed by atoms with Crippen molar-refractivity contribution in [2.24, 2.45) is 0 Å². The SMILES string of the molecule is CC(C)(C)c1cccc(-[n+]2[c-]n(-c3cccc(Oc4ccc5c6cc(C(C)(C)C)ccc6n(-c6cc(C(C)(C)C)ccn6)c5c4)c3)c3cc(C(C)(C)C)ccc32)c1. The largest absolute Gasteiger partial charge is 0.458 e. The highest BCUT2D eigenvalue weighted by atomic mass is 16.5. The third-order valence-corrected chi connectivity index (χ3v) is 11.2. The summed E-state index contributed by atoms with van der Waals surface area (Å²) < 4.78 is 13.4. The minimum absolute atomic E-state index is 0.00969. The molecule has 3 heterocycles. The van der Waals surface area contributed by atoms with Gasteiger partial charge in [0.2, 0.25) is 0 Å². The number of fused-ring (bicyclic) bond motifs is 4. The Hall–Kier alpha value is -5.68. The molecule has 57 heavy (non-hydrogen) atoms. The fourth-order valence-corrected chi connectivity index (χ4v) is 7.68. The van der Waals surface area contributed by atoms with Crippen LogP contribution in [0, 0.1) is 6.33 Å². The number of rotatable bonds is 5. The topological polar surface area (TPSA) is 35.9 Å². The van der Waals surface area contributed by atoms with E-state index < -0.39 is 0 Å². The number of pyridine rings is 1. The van der Waals surface area contributed by atoms with Crippen LogP contribution in [0.15, 0.2) is 121 Å².